The first-order chi connectivity index (χ1) is 14.6. The van der Waals surface area contributed by atoms with Gasteiger partial charge < -0.3 is 10.6 Å². The lowest BCUT2D eigenvalue weighted by Crippen LogP contribution is -2.15. The molecule has 2 aromatic carbocycles. The predicted octanol–water partition coefficient (Wildman–Crippen LogP) is 4.08. The number of nitrogens with zero attached hydrogens (tertiary/aromatic N) is 3. The highest BCUT2D eigenvalue weighted by atomic mass is 16.2. The SMILES string of the molecule is Cc1ccc(NC(=O)c2ccccc2)cc1NC(=O)c1ccc(-n2ccnc2)nc1. The number of rotatable bonds is 5. The van der Waals surface area contributed by atoms with E-state index < -0.39 is 0 Å². The smallest absolute Gasteiger partial charge is 0.257 e. The molecule has 4 aromatic rings. The lowest BCUT2D eigenvalue weighted by molar-refractivity contribution is 0.101. The van der Waals surface area contributed by atoms with Crippen molar-refractivity contribution in [2.45, 2.75) is 6.92 Å². The molecule has 2 amide bonds. The summed E-state index contributed by atoms with van der Waals surface area (Å²) >= 11 is 0. The maximum atomic E-state index is 12.7. The van der Waals surface area contributed by atoms with Gasteiger partial charge in [0.2, 0.25) is 0 Å². The molecule has 0 aliphatic rings. The Balaban J connectivity index is 1.48. The molecule has 0 bridgehead atoms. The molecule has 2 N–H and O–H groups in total. The lowest BCUT2D eigenvalue weighted by atomic mass is 10.1. The zero-order valence-electron chi connectivity index (χ0n) is 16.2. The van der Waals surface area contributed by atoms with Crippen molar-refractivity contribution in [2.75, 3.05) is 10.6 Å². The predicted molar refractivity (Wildman–Crippen MR) is 115 cm³/mol. The van der Waals surface area contributed by atoms with Gasteiger partial charge in [-0.15, -0.1) is 0 Å². The standard InChI is InChI=1S/C23H19N5O2/c1-16-7-9-19(26-22(29)17-5-3-2-4-6-17)13-20(16)27-23(30)18-8-10-21(25-14-18)28-12-11-24-15-28/h2-15H,1H3,(H,26,29)(H,27,30). The van der Waals surface area contributed by atoms with Crippen LogP contribution in [0.5, 0.6) is 0 Å². The maximum absolute atomic E-state index is 12.7. The number of hydrogen-bond donors (Lipinski definition) is 2. The van der Waals surface area contributed by atoms with Gasteiger partial charge in [0.15, 0.2) is 0 Å². The molecule has 0 aliphatic heterocycles. The zero-order chi connectivity index (χ0) is 20.9. The Labute approximate surface area is 173 Å². The molecule has 0 saturated carbocycles. The van der Waals surface area contributed by atoms with Crippen LogP contribution in [0.4, 0.5) is 11.4 Å². The third-order valence-corrected chi connectivity index (χ3v) is 4.56. The molecule has 30 heavy (non-hydrogen) atoms. The highest BCUT2D eigenvalue weighted by Gasteiger charge is 2.11. The number of carbonyl (C=O) groups is 2. The number of pyridine rings is 1. The monoisotopic (exact) mass is 397 g/mol. The van der Waals surface area contributed by atoms with Gasteiger partial charge in [0.05, 0.1) is 5.56 Å². The van der Waals surface area contributed by atoms with Crippen molar-refractivity contribution in [1.82, 2.24) is 14.5 Å². The van der Waals surface area contributed by atoms with Crippen LogP contribution < -0.4 is 10.6 Å². The van der Waals surface area contributed by atoms with Crippen LogP contribution in [0.2, 0.25) is 0 Å². The molecule has 0 fully saturated rings. The molecule has 148 valence electrons. The molecule has 7 heteroatoms. The van der Waals surface area contributed by atoms with E-state index in [0.717, 1.165) is 5.56 Å². The van der Waals surface area contributed by atoms with Gasteiger partial charge in [-0.2, -0.15) is 0 Å². The van der Waals surface area contributed by atoms with E-state index in [-0.39, 0.29) is 11.8 Å². The Morgan fingerprint density at radius 3 is 2.40 bits per heavy atom. The van der Waals surface area contributed by atoms with Gasteiger partial charge >= 0.3 is 0 Å². The first-order valence-electron chi connectivity index (χ1n) is 9.33. The Morgan fingerprint density at radius 2 is 1.70 bits per heavy atom. The molecule has 0 spiro atoms. The molecule has 2 heterocycles. The Bertz CT molecular complexity index is 1170. The zero-order valence-corrected chi connectivity index (χ0v) is 16.2. The van der Waals surface area contributed by atoms with E-state index in [1.807, 2.05) is 31.2 Å². The summed E-state index contributed by atoms with van der Waals surface area (Å²) in [4.78, 5) is 33.3. The van der Waals surface area contributed by atoms with Crippen molar-refractivity contribution in [3.05, 3.63) is 102 Å². The van der Waals surface area contributed by atoms with E-state index in [0.29, 0.717) is 28.3 Å². The minimum Gasteiger partial charge on any atom is -0.322 e. The van der Waals surface area contributed by atoms with Crippen molar-refractivity contribution in [3.8, 4) is 5.82 Å². The van der Waals surface area contributed by atoms with Crippen LogP contribution in [0.25, 0.3) is 5.82 Å². The van der Waals surface area contributed by atoms with E-state index in [1.165, 1.54) is 6.20 Å². The number of amides is 2. The highest BCUT2D eigenvalue weighted by Crippen LogP contribution is 2.22. The van der Waals surface area contributed by atoms with E-state index in [9.17, 15) is 9.59 Å². The summed E-state index contributed by atoms with van der Waals surface area (Å²) in [5, 5.41) is 5.74. The minimum absolute atomic E-state index is 0.212. The van der Waals surface area contributed by atoms with Gasteiger partial charge in [-0.25, -0.2) is 9.97 Å². The van der Waals surface area contributed by atoms with Crippen molar-refractivity contribution in [3.63, 3.8) is 0 Å². The Morgan fingerprint density at radius 1 is 0.900 bits per heavy atom. The molecular formula is C23H19N5O2. The molecule has 0 aliphatic carbocycles. The van der Waals surface area contributed by atoms with E-state index in [1.54, 1.807) is 59.7 Å². The Kier molecular flexibility index (Phi) is 5.34. The number of aryl methyl sites for hydroxylation is 1. The van der Waals surface area contributed by atoms with Gasteiger partial charge in [0.25, 0.3) is 11.8 Å². The number of anilines is 2. The van der Waals surface area contributed by atoms with Crippen molar-refractivity contribution < 1.29 is 9.59 Å². The molecule has 2 aromatic heterocycles. The van der Waals surface area contributed by atoms with Crippen LogP contribution in [-0.4, -0.2) is 26.3 Å². The normalized spacial score (nSPS) is 10.4. The summed E-state index contributed by atoms with van der Waals surface area (Å²) in [5.74, 6) is 0.177. The third kappa shape index (κ3) is 4.25. The second kappa shape index (κ2) is 8.40. The number of benzene rings is 2. The topological polar surface area (TPSA) is 88.9 Å². The molecular weight excluding hydrogens is 378 g/mol. The number of aromatic nitrogens is 3. The number of nitrogens with one attached hydrogen (secondary N) is 2. The quantitative estimate of drug-likeness (QED) is 0.531. The van der Waals surface area contributed by atoms with Crippen LogP contribution in [0.1, 0.15) is 26.3 Å². The number of carbonyl (C=O) groups excluding carboxylic acids is 2. The summed E-state index contributed by atoms with van der Waals surface area (Å²) in [5.41, 5.74) is 3.08. The second-order valence-electron chi connectivity index (χ2n) is 6.68. The second-order valence-corrected chi connectivity index (χ2v) is 6.68. The average Bonchev–Trinajstić information content (AvgIpc) is 3.32. The molecule has 0 radical (unpaired) electrons. The summed E-state index contributed by atoms with van der Waals surface area (Å²) in [7, 11) is 0. The molecule has 7 nitrogen and oxygen atoms in total. The van der Waals surface area contributed by atoms with Crippen molar-refractivity contribution in [2.24, 2.45) is 0 Å². The van der Waals surface area contributed by atoms with Crippen molar-refractivity contribution >= 4 is 23.2 Å². The van der Waals surface area contributed by atoms with E-state index in [4.69, 9.17) is 0 Å². The van der Waals surface area contributed by atoms with Crippen molar-refractivity contribution in [1.29, 1.82) is 0 Å². The summed E-state index contributed by atoms with van der Waals surface area (Å²) < 4.78 is 1.75. The van der Waals surface area contributed by atoms with Crippen LogP contribution in [0.3, 0.4) is 0 Å². The summed E-state index contributed by atoms with van der Waals surface area (Å²) in [6, 6.07) is 17.8. The Hall–Kier alpha value is -4.26. The fraction of sp³-hybridized carbons (Fsp3) is 0.0435. The van der Waals surface area contributed by atoms with Crippen LogP contribution >= 0.6 is 0 Å². The number of imidazole rings is 1. The lowest BCUT2D eigenvalue weighted by Gasteiger charge is -2.12. The largest absolute Gasteiger partial charge is 0.322 e. The average molecular weight is 397 g/mol. The minimum atomic E-state index is -0.283. The molecule has 0 unspecified atom stereocenters. The molecule has 4 rings (SSSR count). The van der Waals surface area contributed by atoms with Crippen LogP contribution in [-0.2, 0) is 0 Å². The fourth-order valence-electron chi connectivity index (χ4n) is 2.89. The van der Waals surface area contributed by atoms with Gasteiger partial charge in [-0.1, -0.05) is 24.3 Å². The van der Waals surface area contributed by atoms with Gasteiger partial charge in [0.1, 0.15) is 12.1 Å². The first-order valence-corrected chi connectivity index (χ1v) is 9.33. The van der Waals surface area contributed by atoms with E-state index in [2.05, 4.69) is 20.6 Å². The van der Waals surface area contributed by atoms with Gasteiger partial charge in [-0.3, -0.25) is 14.2 Å². The maximum Gasteiger partial charge on any atom is 0.257 e. The molecule has 0 atom stereocenters. The van der Waals surface area contributed by atoms with Crippen LogP contribution in [0, 0.1) is 6.92 Å². The van der Waals surface area contributed by atoms with Crippen LogP contribution in [0.15, 0.2) is 85.6 Å². The van der Waals surface area contributed by atoms with Gasteiger partial charge in [-0.05, 0) is 48.9 Å². The first kappa shape index (κ1) is 19.1. The molecule has 0 saturated heterocycles. The fourth-order valence-corrected chi connectivity index (χ4v) is 2.89. The van der Waals surface area contributed by atoms with Gasteiger partial charge in [0, 0.05) is 35.5 Å². The summed E-state index contributed by atoms with van der Waals surface area (Å²) in [6.07, 6.45) is 6.59. The summed E-state index contributed by atoms with van der Waals surface area (Å²) in [6.45, 7) is 1.89. The highest BCUT2D eigenvalue weighted by molar-refractivity contribution is 6.06. The number of hydrogen-bond acceptors (Lipinski definition) is 4. The van der Waals surface area contributed by atoms with E-state index >= 15 is 0 Å². The third-order valence-electron chi connectivity index (χ3n) is 4.56.